The van der Waals surface area contributed by atoms with Crippen LogP contribution in [0.4, 0.5) is 0 Å². The van der Waals surface area contributed by atoms with E-state index in [1.807, 2.05) is 38.1 Å². The van der Waals surface area contributed by atoms with Gasteiger partial charge in [0.25, 0.3) is 0 Å². The highest BCUT2D eigenvalue weighted by Gasteiger charge is 2.32. The van der Waals surface area contributed by atoms with Gasteiger partial charge in [-0.3, -0.25) is 4.79 Å². The van der Waals surface area contributed by atoms with Crippen molar-refractivity contribution >= 4 is 23.2 Å². The Morgan fingerprint density at radius 1 is 1.31 bits per heavy atom. The Hall–Kier alpha value is -1.35. The van der Waals surface area contributed by atoms with Crippen molar-refractivity contribution in [1.29, 1.82) is 0 Å². The van der Waals surface area contributed by atoms with Crippen molar-refractivity contribution in [2.24, 2.45) is 10.5 Å². The van der Waals surface area contributed by atoms with Crippen molar-refractivity contribution in [3.8, 4) is 0 Å². The first-order valence-corrected chi connectivity index (χ1v) is 5.50. The van der Waals surface area contributed by atoms with Crippen LogP contribution in [0.25, 0.3) is 0 Å². The number of nitrogens with zero attached hydrogens (tertiary/aromatic N) is 1. The quantitative estimate of drug-likeness (QED) is 0.800. The van der Waals surface area contributed by atoms with Crippen LogP contribution in [0, 0.1) is 5.41 Å². The van der Waals surface area contributed by atoms with E-state index in [4.69, 9.17) is 11.6 Å². The highest BCUT2D eigenvalue weighted by molar-refractivity contribution is 6.30. The summed E-state index contributed by atoms with van der Waals surface area (Å²) in [4.78, 5) is 11.3. The zero-order valence-electron chi connectivity index (χ0n) is 9.25. The molecular formula is C12H13ClN2O. The summed E-state index contributed by atoms with van der Waals surface area (Å²) in [5, 5.41) is 4.83. The van der Waals surface area contributed by atoms with Crippen LogP contribution in [0.5, 0.6) is 0 Å². The van der Waals surface area contributed by atoms with Crippen molar-refractivity contribution in [3.05, 3.63) is 34.9 Å². The summed E-state index contributed by atoms with van der Waals surface area (Å²) < 4.78 is 0. The minimum atomic E-state index is -0.240. The topological polar surface area (TPSA) is 41.5 Å². The highest BCUT2D eigenvalue weighted by atomic mass is 35.5. The van der Waals surface area contributed by atoms with Crippen molar-refractivity contribution < 1.29 is 4.79 Å². The maximum absolute atomic E-state index is 11.3. The number of carbonyl (C=O) groups is 1. The van der Waals surface area contributed by atoms with Gasteiger partial charge in [-0.15, -0.1) is 0 Å². The minimum Gasteiger partial charge on any atom is -0.273 e. The average molecular weight is 237 g/mol. The molecule has 3 nitrogen and oxygen atoms in total. The second-order valence-corrected chi connectivity index (χ2v) is 5.00. The lowest BCUT2D eigenvalue weighted by Crippen LogP contribution is -2.39. The number of nitrogens with one attached hydrogen (secondary N) is 1. The molecule has 0 bridgehead atoms. The summed E-state index contributed by atoms with van der Waals surface area (Å²) >= 11 is 5.84. The third-order valence-corrected chi connectivity index (χ3v) is 2.91. The lowest BCUT2D eigenvalue weighted by molar-refractivity contribution is -0.122. The third-order valence-electron chi connectivity index (χ3n) is 2.65. The molecule has 0 atom stereocenters. The molecule has 0 saturated carbocycles. The average Bonchev–Trinajstić information content (AvgIpc) is 2.18. The predicted molar refractivity (Wildman–Crippen MR) is 64.5 cm³/mol. The molecule has 1 aliphatic heterocycles. The van der Waals surface area contributed by atoms with Crippen LogP contribution in [-0.2, 0) is 4.79 Å². The van der Waals surface area contributed by atoms with Gasteiger partial charge in [0.05, 0.1) is 5.71 Å². The van der Waals surface area contributed by atoms with E-state index in [0.29, 0.717) is 11.4 Å². The van der Waals surface area contributed by atoms with E-state index >= 15 is 0 Å². The Morgan fingerprint density at radius 3 is 2.50 bits per heavy atom. The molecule has 0 fully saturated rings. The number of carbonyl (C=O) groups excluding carboxylic acids is 1. The number of hydrazone groups is 1. The van der Waals surface area contributed by atoms with Crippen molar-refractivity contribution in [3.63, 3.8) is 0 Å². The summed E-state index contributed by atoms with van der Waals surface area (Å²) in [6.07, 6.45) is 0.453. The van der Waals surface area contributed by atoms with Crippen LogP contribution >= 0.6 is 11.6 Å². The van der Waals surface area contributed by atoms with E-state index in [0.717, 1.165) is 11.3 Å². The molecule has 84 valence electrons. The fourth-order valence-electron chi connectivity index (χ4n) is 1.86. The van der Waals surface area contributed by atoms with E-state index in [1.165, 1.54) is 0 Å². The molecule has 0 unspecified atom stereocenters. The molecule has 4 heteroatoms. The molecule has 1 aromatic carbocycles. The normalized spacial score (nSPS) is 18.9. The van der Waals surface area contributed by atoms with E-state index in [2.05, 4.69) is 10.5 Å². The van der Waals surface area contributed by atoms with Gasteiger partial charge in [-0.25, -0.2) is 5.43 Å². The van der Waals surface area contributed by atoms with Crippen LogP contribution in [0.2, 0.25) is 5.02 Å². The van der Waals surface area contributed by atoms with Gasteiger partial charge in [-0.2, -0.15) is 5.10 Å². The lowest BCUT2D eigenvalue weighted by atomic mass is 9.79. The highest BCUT2D eigenvalue weighted by Crippen LogP contribution is 2.29. The number of hydrogen-bond acceptors (Lipinski definition) is 2. The Balaban J connectivity index is 2.40. The van der Waals surface area contributed by atoms with Crippen molar-refractivity contribution in [2.45, 2.75) is 20.3 Å². The van der Waals surface area contributed by atoms with E-state index in [9.17, 15) is 4.79 Å². The SMILES string of the molecule is CC1(C)CC(=O)NN=C1c1ccc(Cl)cc1. The first-order valence-electron chi connectivity index (χ1n) is 5.12. The Kier molecular flexibility index (Phi) is 2.72. The van der Waals surface area contributed by atoms with Gasteiger partial charge < -0.3 is 0 Å². The maximum atomic E-state index is 11.3. The van der Waals surface area contributed by atoms with Crippen LogP contribution in [0.15, 0.2) is 29.4 Å². The summed E-state index contributed by atoms with van der Waals surface area (Å²) in [6.45, 7) is 4.03. The molecule has 1 aliphatic rings. The molecule has 1 amide bonds. The van der Waals surface area contributed by atoms with Crippen LogP contribution in [-0.4, -0.2) is 11.6 Å². The third kappa shape index (κ3) is 2.09. The molecule has 2 rings (SSSR count). The van der Waals surface area contributed by atoms with E-state index in [-0.39, 0.29) is 11.3 Å². The van der Waals surface area contributed by atoms with Gasteiger partial charge in [0.2, 0.25) is 5.91 Å². The number of halogens is 1. The maximum Gasteiger partial charge on any atom is 0.241 e. The molecular weight excluding hydrogens is 224 g/mol. The van der Waals surface area contributed by atoms with Gasteiger partial charge in [0.15, 0.2) is 0 Å². The smallest absolute Gasteiger partial charge is 0.241 e. The first kappa shape index (κ1) is 11.1. The van der Waals surface area contributed by atoms with Crippen LogP contribution in [0.1, 0.15) is 25.8 Å². The van der Waals surface area contributed by atoms with E-state index < -0.39 is 0 Å². The Bertz CT molecular complexity index is 449. The molecule has 1 heterocycles. The summed E-state index contributed by atoms with van der Waals surface area (Å²) in [5.41, 5.74) is 4.16. The Morgan fingerprint density at radius 2 is 1.94 bits per heavy atom. The zero-order valence-corrected chi connectivity index (χ0v) is 10.0. The lowest BCUT2D eigenvalue weighted by Gasteiger charge is -2.29. The molecule has 0 radical (unpaired) electrons. The second kappa shape index (κ2) is 3.91. The Labute approximate surface area is 99.5 Å². The van der Waals surface area contributed by atoms with Gasteiger partial charge in [0, 0.05) is 16.9 Å². The van der Waals surface area contributed by atoms with Crippen LogP contribution in [0.3, 0.4) is 0 Å². The van der Waals surface area contributed by atoms with Gasteiger partial charge in [-0.05, 0) is 17.7 Å². The van der Waals surface area contributed by atoms with Crippen molar-refractivity contribution in [2.75, 3.05) is 0 Å². The summed E-state index contributed by atoms with van der Waals surface area (Å²) in [5.74, 6) is -0.0392. The van der Waals surface area contributed by atoms with Gasteiger partial charge in [-0.1, -0.05) is 37.6 Å². The number of amides is 1. The molecule has 0 aromatic heterocycles. The molecule has 16 heavy (non-hydrogen) atoms. The molecule has 0 saturated heterocycles. The van der Waals surface area contributed by atoms with Gasteiger partial charge >= 0.3 is 0 Å². The van der Waals surface area contributed by atoms with Crippen LogP contribution < -0.4 is 5.43 Å². The standard InChI is InChI=1S/C12H13ClN2O/c1-12(2)7-10(16)14-15-11(12)8-3-5-9(13)6-4-8/h3-6H,7H2,1-2H3,(H,14,16). The second-order valence-electron chi connectivity index (χ2n) is 4.56. The number of rotatable bonds is 1. The fourth-order valence-corrected chi connectivity index (χ4v) is 1.98. The number of benzene rings is 1. The minimum absolute atomic E-state index is 0.0392. The molecule has 0 spiro atoms. The van der Waals surface area contributed by atoms with Gasteiger partial charge in [0.1, 0.15) is 0 Å². The zero-order chi connectivity index (χ0) is 11.8. The first-order chi connectivity index (χ1) is 7.49. The molecule has 1 N–H and O–H groups in total. The van der Waals surface area contributed by atoms with E-state index in [1.54, 1.807) is 0 Å². The predicted octanol–water partition coefficient (Wildman–Crippen LogP) is 2.59. The fraction of sp³-hybridized carbons (Fsp3) is 0.333. The molecule has 0 aliphatic carbocycles. The molecule has 1 aromatic rings. The monoisotopic (exact) mass is 236 g/mol. The largest absolute Gasteiger partial charge is 0.273 e. The number of hydrogen-bond donors (Lipinski definition) is 1. The summed E-state index contributed by atoms with van der Waals surface area (Å²) in [6, 6.07) is 7.48. The van der Waals surface area contributed by atoms with Crippen molar-refractivity contribution in [1.82, 2.24) is 5.43 Å². The summed E-state index contributed by atoms with van der Waals surface area (Å²) in [7, 11) is 0.